The SMILES string of the molecule is CCCCOCCOCC(O)CNCc1ccc(C)nc1. The van der Waals surface area contributed by atoms with E-state index in [4.69, 9.17) is 9.47 Å². The second kappa shape index (κ2) is 11.6. The van der Waals surface area contributed by atoms with Gasteiger partial charge in [-0.25, -0.2) is 0 Å². The van der Waals surface area contributed by atoms with Gasteiger partial charge in [0.25, 0.3) is 0 Å². The van der Waals surface area contributed by atoms with E-state index in [0.717, 1.165) is 30.7 Å². The minimum atomic E-state index is -0.501. The van der Waals surface area contributed by atoms with E-state index in [1.807, 2.05) is 25.3 Å². The molecule has 0 spiro atoms. The summed E-state index contributed by atoms with van der Waals surface area (Å²) in [7, 11) is 0. The lowest BCUT2D eigenvalue weighted by molar-refractivity contribution is 0.00385. The monoisotopic (exact) mass is 296 g/mol. The summed E-state index contributed by atoms with van der Waals surface area (Å²) < 4.78 is 10.7. The first-order valence-electron chi connectivity index (χ1n) is 7.68. The number of hydrogen-bond donors (Lipinski definition) is 2. The molecule has 0 aromatic carbocycles. The Kier molecular flexibility index (Phi) is 9.99. The van der Waals surface area contributed by atoms with Crippen LogP contribution in [0.4, 0.5) is 0 Å². The van der Waals surface area contributed by atoms with Crippen LogP contribution in [-0.4, -0.2) is 49.2 Å². The fourth-order valence-corrected chi connectivity index (χ4v) is 1.73. The quantitative estimate of drug-likeness (QED) is 0.575. The van der Waals surface area contributed by atoms with Gasteiger partial charge in [0.1, 0.15) is 0 Å². The molecule has 0 saturated heterocycles. The van der Waals surface area contributed by atoms with Crippen LogP contribution in [0, 0.1) is 6.92 Å². The maximum absolute atomic E-state index is 9.77. The van der Waals surface area contributed by atoms with E-state index in [1.165, 1.54) is 0 Å². The minimum Gasteiger partial charge on any atom is -0.389 e. The van der Waals surface area contributed by atoms with Gasteiger partial charge in [-0.3, -0.25) is 4.98 Å². The average Bonchev–Trinajstić information content (AvgIpc) is 2.48. The Morgan fingerprint density at radius 3 is 2.76 bits per heavy atom. The topological polar surface area (TPSA) is 63.6 Å². The molecule has 1 aromatic rings. The third-order valence-electron chi connectivity index (χ3n) is 3.01. The third kappa shape index (κ3) is 9.52. The van der Waals surface area contributed by atoms with Gasteiger partial charge < -0.3 is 19.9 Å². The van der Waals surface area contributed by atoms with Crippen molar-refractivity contribution in [2.75, 3.05) is 33.0 Å². The Hall–Kier alpha value is -1.01. The van der Waals surface area contributed by atoms with Crippen molar-refractivity contribution in [1.82, 2.24) is 10.3 Å². The lowest BCUT2D eigenvalue weighted by Crippen LogP contribution is -2.30. The molecule has 0 aliphatic rings. The number of aromatic nitrogens is 1. The van der Waals surface area contributed by atoms with E-state index < -0.39 is 6.10 Å². The molecule has 0 amide bonds. The Morgan fingerprint density at radius 1 is 1.24 bits per heavy atom. The molecule has 5 nitrogen and oxygen atoms in total. The summed E-state index contributed by atoms with van der Waals surface area (Å²) in [5.41, 5.74) is 2.12. The fourth-order valence-electron chi connectivity index (χ4n) is 1.73. The largest absolute Gasteiger partial charge is 0.389 e. The third-order valence-corrected chi connectivity index (χ3v) is 3.01. The summed E-state index contributed by atoms with van der Waals surface area (Å²) in [6, 6.07) is 4.01. The van der Waals surface area contributed by atoms with E-state index in [2.05, 4.69) is 17.2 Å². The van der Waals surface area contributed by atoms with E-state index in [9.17, 15) is 5.11 Å². The van der Waals surface area contributed by atoms with Crippen LogP contribution in [0.25, 0.3) is 0 Å². The highest BCUT2D eigenvalue weighted by Gasteiger charge is 2.04. The van der Waals surface area contributed by atoms with Gasteiger partial charge in [-0.15, -0.1) is 0 Å². The molecule has 0 aliphatic carbocycles. The molecule has 2 N–H and O–H groups in total. The van der Waals surface area contributed by atoms with Crippen LogP contribution >= 0.6 is 0 Å². The highest BCUT2D eigenvalue weighted by molar-refractivity contribution is 5.12. The first kappa shape index (κ1) is 18.0. The highest BCUT2D eigenvalue weighted by Crippen LogP contribution is 1.98. The molecule has 1 atom stereocenters. The summed E-state index contributed by atoms with van der Waals surface area (Å²) in [4.78, 5) is 4.23. The first-order chi connectivity index (χ1) is 10.2. The number of rotatable bonds is 12. The maximum atomic E-state index is 9.77. The predicted molar refractivity (Wildman–Crippen MR) is 83.2 cm³/mol. The Labute approximate surface area is 127 Å². The zero-order valence-electron chi connectivity index (χ0n) is 13.2. The Morgan fingerprint density at radius 2 is 2.05 bits per heavy atom. The number of unbranched alkanes of at least 4 members (excludes halogenated alkanes) is 1. The van der Waals surface area contributed by atoms with Crippen LogP contribution in [0.5, 0.6) is 0 Å². The predicted octanol–water partition coefficient (Wildman–Crippen LogP) is 1.67. The lowest BCUT2D eigenvalue weighted by Gasteiger charge is -2.12. The zero-order chi connectivity index (χ0) is 15.3. The molecular weight excluding hydrogens is 268 g/mol. The number of nitrogens with one attached hydrogen (secondary N) is 1. The second-order valence-electron chi connectivity index (χ2n) is 5.13. The standard InChI is InChI=1S/C16H28N2O3/c1-3-4-7-20-8-9-21-13-16(19)12-17-10-15-6-5-14(2)18-11-15/h5-6,11,16-17,19H,3-4,7-10,12-13H2,1-2H3. The molecular formula is C16H28N2O3. The molecule has 5 heteroatoms. The van der Waals surface area contributed by atoms with Crippen LogP contribution in [0.2, 0.25) is 0 Å². The van der Waals surface area contributed by atoms with Gasteiger partial charge in [0.15, 0.2) is 0 Å². The molecule has 120 valence electrons. The minimum absolute atomic E-state index is 0.330. The van der Waals surface area contributed by atoms with Crippen LogP contribution in [0.15, 0.2) is 18.3 Å². The van der Waals surface area contributed by atoms with Gasteiger partial charge in [0, 0.05) is 31.6 Å². The van der Waals surface area contributed by atoms with Crippen molar-refractivity contribution in [2.45, 2.75) is 39.3 Å². The zero-order valence-corrected chi connectivity index (χ0v) is 13.2. The van der Waals surface area contributed by atoms with E-state index in [0.29, 0.717) is 32.9 Å². The van der Waals surface area contributed by atoms with Crippen LogP contribution in [0.1, 0.15) is 31.0 Å². The smallest absolute Gasteiger partial charge is 0.0897 e. The normalized spacial score (nSPS) is 12.5. The van der Waals surface area contributed by atoms with Crippen LogP contribution < -0.4 is 5.32 Å². The maximum Gasteiger partial charge on any atom is 0.0897 e. The van der Waals surface area contributed by atoms with Crippen molar-refractivity contribution < 1.29 is 14.6 Å². The molecule has 1 rings (SSSR count). The number of ether oxygens (including phenoxy) is 2. The fraction of sp³-hybridized carbons (Fsp3) is 0.688. The molecule has 1 heterocycles. The van der Waals surface area contributed by atoms with Gasteiger partial charge in [0.05, 0.1) is 25.9 Å². The summed E-state index contributed by atoms with van der Waals surface area (Å²) in [6.07, 6.45) is 3.57. The Bertz CT molecular complexity index is 357. The number of nitrogens with zero attached hydrogens (tertiary/aromatic N) is 1. The molecule has 21 heavy (non-hydrogen) atoms. The number of pyridine rings is 1. The molecule has 0 bridgehead atoms. The van der Waals surface area contributed by atoms with Gasteiger partial charge in [-0.05, 0) is 25.0 Å². The van der Waals surface area contributed by atoms with Crippen molar-refractivity contribution in [3.8, 4) is 0 Å². The molecule has 0 aliphatic heterocycles. The summed E-state index contributed by atoms with van der Waals surface area (Å²) in [5, 5.41) is 13.0. The lowest BCUT2D eigenvalue weighted by atomic mass is 10.2. The second-order valence-corrected chi connectivity index (χ2v) is 5.13. The highest BCUT2D eigenvalue weighted by atomic mass is 16.5. The number of aliphatic hydroxyl groups is 1. The molecule has 0 fully saturated rings. The average molecular weight is 296 g/mol. The van der Waals surface area contributed by atoms with Crippen LogP contribution in [-0.2, 0) is 16.0 Å². The van der Waals surface area contributed by atoms with Gasteiger partial charge in [-0.1, -0.05) is 19.4 Å². The molecule has 0 saturated carbocycles. The van der Waals surface area contributed by atoms with Gasteiger partial charge >= 0.3 is 0 Å². The number of hydrogen-bond acceptors (Lipinski definition) is 5. The number of aliphatic hydroxyl groups excluding tert-OH is 1. The summed E-state index contributed by atoms with van der Waals surface area (Å²) in [6.45, 7) is 7.54. The van der Waals surface area contributed by atoms with Crippen molar-refractivity contribution in [1.29, 1.82) is 0 Å². The number of aryl methyl sites for hydroxylation is 1. The molecule has 1 unspecified atom stereocenters. The molecule has 1 aromatic heterocycles. The van der Waals surface area contributed by atoms with Crippen LogP contribution in [0.3, 0.4) is 0 Å². The van der Waals surface area contributed by atoms with E-state index in [1.54, 1.807) is 0 Å². The van der Waals surface area contributed by atoms with E-state index in [-0.39, 0.29) is 0 Å². The van der Waals surface area contributed by atoms with Crippen molar-refractivity contribution in [3.05, 3.63) is 29.6 Å². The first-order valence-corrected chi connectivity index (χ1v) is 7.68. The van der Waals surface area contributed by atoms with E-state index >= 15 is 0 Å². The van der Waals surface area contributed by atoms with Crippen molar-refractivity contribution in [3.63, 3.8) is 0 Å². The van der Waals surface area contributed by atoms with Crippen molar-refractivity contribution in [2.24, 2.45) is 0 Å². The summed E-state index contributed by atoms with van der Waals surface area (Å²) >= 11 is 0. The Balaban J connectivity index is 1.96. The van der Waals surface area contributed by atoms with Gasteiger partial charge in [-0.2, -0.15) is 0 Å². The van der Waals surface area contributed by atoms with Gasteiger partial charge in [0.2, 0.25) is 0 Å². The molecule has 0 radical (unpaired) electrons. The van der Waals surface area contributed by atoms with Crippen molar-refractivity contribution >= 4 is 0 Å². The summed E-state index contributed by atoms with van der Waals surface area (Å²) in [5.74, 6) is 0.